The monoisotopic (exact) mass is 284 g/mol. The average molecular weight is 284 g/mol. The van der Waals surface area contributed by atoms with Crippen LogP contribution in [0.4, 0.5) is 5.69 Å². The highest BCUT2D eigenvalue weighted by atomic mass is 16.1. The van der Waals surface area contributed by atoms with Gasteiger partial charge < -0.3 is 9.47 Å². The summed E-state index contributed by atoms with van der Waals surface area (Å²) < 4.78 is 2.22. The van der Waals surface area contributed by atoms with Gasteiger partial charge in [-0.2, -0.15) is 0 Å². The van der Waals surface area contributed by atoms with Gasteiger partial charge in [0.05, 0.1) is 6.54 Å². The molecule has 0 unspecified atom stereocenters. The second-order valence-corrected chi connectivity index (χ2v) is 5.86. The van der Waals surface area contributed by atoms with E-state index >= 15 is 0 Å². The van der Waals surface area contributed by atoms with Gasteiger partial charge in [0, 0.05) is 35.7 Å². The molecule has 0 saturated heterocycles. The molecule has 1 aromatic carbocycles. The molecule has 3 nitrogen and oxygen atoms in total. The van der Waals surface area contributed by atoms with E-state index in [4.69, 9.17) is 0 Å². The van der Waals surface area contributed by atoms with Crippen molar-refractivity contribution >= 4 is 11.5 Å². The molecule has 21 heavy (non-hydrogen) atoms. The van der Waals surface area contributed by atoms with Crippen LogP contribution < -0.4 is 4.90 Å². The van der Waals surface area contributed by atoms with Crippen molar-refractivity contribution in [3.05, 3.63) is 53.3 Å². The Labute approximate surface area is 127 Å². The van der Waals surface area contributed by atoms with E-state index in [0.29, 0.717) is 12.6 Å². The molecule has 0 aliphatic rings. The van der Waals surface area contributed by atoms with Gasteiger partial charge in [0.15, 0.2) is 5.78 Å². The van der Waals surface area contributed by atoms with Crippen molar-refractivity contribution in [2.75, 3.05) is 18.5 Å². The zero-order chi connectivity index (χ0) is 15.6. The molecule has 0 amide bonds. The zero-order valence-electron chi connectivity index (χ0n) is 13.6. The number of Topliss-reactive ketones (excluding diaryl/α,β-unsaturated/α-hetero) is 1. The molecule has 0 saturated carbocycles. The summed E-state index contributed by atoms with van der Waals surface area (Å²) in [5.74, 6) is 0.168. The fourth-order valence-corrected chi connectivity index (χ4v) is 2.93. The summed E-state index contributed by atoms with van der Waals surface area (Å²) >= 11 is 0. The highest BCUT2D eigenvalue weighted by Gasteiger charge is 2.18. The summed E-state index contributed by atoms with van der Waals surface area (Å²) in [5, 5.41) is 0. The predicted molar refractivity (Wildman–Crippen MR) is 88.3 cm³/mol. The quantitative estimate of drug-likeness (QED) is 0.775. The standard InChI is InChI=1S/C18H24N2O/c1-13(2)20-14(3)11-17(15(20)4)18(21)12-19(5)16-9-7-6-8-10-16/h6-11,13H,12H2,1-5H3. The molecule has 1 aromatic heterocycles. The van der Waals surface area contributed by atoms with Crippen LogP contribution in [0.5, 0.6) is 0 Å². The fourth-order valence-electron chi connectivity index (χ4n) is 2.93. The first-order valence-corrected chi connectivity index (χ1v) is 7.39. The summed E-state index contributed by atoms with van der Waals surface area (Å²) in [5.41, 5.74) is 4.11. The van der Waals surface area contributed by atoms with Crippen LogP contribution >= 0.6 is 0 Å². The van der Waals surface area contributed by atoms with Crippen molar-refractivity contribution < 1.29 is 4.79 Å². The van der Waals surface area contributed by atoms with Crippen LogP contribution in [0.2, 0.25) is 0 Å². The number of carbonyl (C=O) groups is 1. The maximum Gasteiger partial charge on any atom is 0.183 e. The fraction of sp³-hybridized carbons (Fsp3) is 0.389. The number of likely N-dealkylation sites (N-methyl/N-ethyl adjacent to an activating group) is 1. The van der Waals surface area contributed by atoms with Gasteiger partial charge in [0.2, 0.25) is 0 Å². The van der Waals surface area contributed by atoms with E-state index in [0.717, 1.165) is 22.6 Å². The van der Waals surface area contributed by atoms with Crippen molar-refractivity contribution in [3.8, 4) is 0 Å². The highest BCUT2D eigenvalue weighted by molar-refractivity contribution is 6.00. The van der Waals surface area contributed by atoms with Gasteiger partial charge in [-0.1, -0.05) is 18.2 Å². The minimum Gasteiger partial charge on any atom is -0.367 e. The molecule has 112 valence electrons. The molecular formula is C18H24N2O. The van der Waals surface area contributed by atoms with E-state index in [1.165, 1.54) is 0 Å². The van der Waals surface area contributed by atoms with Crippen LogP contribution in [0.1, 0.15) is 41.6 Å². The van der Waals surface area contributed by atoms with Crippen LogP contribution in [0.15, 0.2) is 36.4 Å². The van der Waals surface area contributed by atoms with Crippen molar-refractivity contribution in [2.24, 2.45) is 0 Å². The summed E-state index contributed by atoms with van der Waals surface area (Å²) in [6.07, 6.45) is 0. The molecule has 0 aliphatic heterocycles. The molecule has 0 radical (unpaired) electrons. The van der Waals surface area contributed by atoms with E-state index in [1.807, 2.05) is 55.3 Å². The summed E-state index contributed by atoms with van der Waals surface area (Å²) in [4.78, 5) is 14.6. The molecule has 0 fully saturated rings. The van der Waals surface area contributed by atoms with Crippen LogP contribution in [-0.4, -0.2) is 23.9 Å². The Morgan fingerprint density at radius 2 is 1.81 bits per heavy atom. The molecule has 0 aliphatic carbocycles. The number of aryl methyl sites for hydroxylation is 1. The smallest absolute Gasteiger partial charge is 0.183 e. The van der Waals surface area contributed by atoms with Gasteiger partial charge in [-0.05, 0) is 45.9 Å². The Kier molecular flexibility index (Phi) is 4.51. The number of benzene rings is 1. The van der Waals surface area contributed by atoms with E-state index in [1.54, 1.807) is 0 Å². The Balaban J connectivity index is 2.20. The summed E-state index contributed by atoms with van der Waals surface area (Å²) in [7, 11) is 1.95. The van der Waals surface area contributed by atoms with Gasteiger partial charge in [-0.25, -0.2) is 0 Å². The van der Waals surface area contributed by atoms with Gasteiger partial charge >= 0.3 is 0 Å². The Bertz CT molecular complexity index is 626. The zero-order valence-corrected chi connectivity index (χ0v) is 13.6. The van der Waals surface area contributed by atoms with Crippen molar-refractivity contribution in [1.82, 2.24) is 4.57 Å². The number of rotatable bonds is 5. The lowest BCUT2D eigenvalue weighted by Crippen LogP contribution is -2.25. The van der Waals surface area contributed by atoms with Crippen molar-refractivity contribution in [3.63, 3.8) is 0 Å². The average Bonchev–Trinajstić information content (AvgIpc) is 2.75. The molecule has 0 atom stereocenters. The number of hydrogen-bond donors (Lipinski definition) is 0. The first kappa shape index (κ1) is 15.4. The van der Waals surface area contributed by atoms with Gasteiger partial charge in [-0.15, -0.1) is 0 Å². The number of ketones is 1. The van der Waals surface area contributed by atoms with E-state index in [2.05, 4.69) is 25.3 Å². The number of aromatic nitrogens is 1. The molecule has 2 rings (SSSR count). The van der Waals surface area contributed by atoms with Crippen LogP contribution in [0.3, 0.4) is 0 Å². The van der Waals surface area contributed by atoms with Crippen LogP contribution in [0.25, 0.3) is 0 Å². The molecule has 0 spiro atoms. The number of para-hydroxylation sites is 1. The van der Waals surface area contributed by atoms with Gasteiger partial charge in [-0.3, -0.25) is 4.79 Å². The lowest BCUT2D eigenvalue weighted by atomic mass is 10.1. The Hall–Kier alpha value is -2.03. The second kappa shape index (κ2) is 6.17. The minimum atomic E-state index is 0.168. The predicted octanol–water partition coefficient (Wildman–Crippen LogP) is 4.00. The first-order chi connectivity index (χ1) is 9.91. The van der Waals surface area contributed by atoms with E-state index < -0.39 is 0 Å². The maximum absolute atomic E-state index is 12.6. The number of carbonyl (C=O) groups excluding carboxylic acids is 1. The van der Waals surface area contributed by atoms with Crippen molar-refractivity contribution in [1.29, 1.82) is 0 Å². The van der Waals surface area contributed by atoms with Gasteiger partial charge in [0.25, 0.3) is 0 Å². The Morgan fingerprint density at radius 1 is 1.19 bits per heavy atom. The molecule has 0 bridgehead atoms. The number of nitrogens with zero attached hydrogens (tertiary/aromatic N) is 2. The Morgan fingerprint density at radius 3 is 2.33 bits per heavy atom. The SMILES string of the molecule is Cc1cc(C(=O)CN(C)c2ccccc2)c(C)n1C(C)C. The molecule has 1 heterocycles. The molecule has 0 N–H and O–H groups in total. The maximum atomic E-state index is 12.6. The number of anilines is 1. The summed E-state index contributed by atoms with van der Waals surface area (Å²) in [6, 6.07) is 12.4. The third-order valence-corrected chi connectivity index (χ3v) is 3.88. The first-order valence-electron chi connectivity index (χ1n) is 7.39. The van der Waals surface area contributed by atoms with Crippen molar-refractivity contribution in [2.45, 2.75) is 33.7 Å². The van der Waals surface area contributed by atoms with E-state index in [-0.39, 0.29) is 5.78 Å². The molecule has 2 aromatic rings. The topological polar surface area (TPSA) is 25.2 Å². The third kappa shape index (κ3) is 3.18. The van der Waals surface area contributed by atoms with E-state index in [9.17, 15) is 4.79 Å². The van der Waals surface area contributed by atoms with Crippen LogP contribution in [0, 0.1) is 13.8 Å². The largest absolute Gasteiger partial charge is 0.367 e. The van der Waals surface area contributed by atoms with Crippen LogP contribution in [-0.2, 0) is 0 Å². The molecule has 3 heteroatoms. The normalized spacial score (nSPS) is 11.0. The summed E-state index contributed by atoms with van der Waals surface area (Å²) in [6.45, 7) is 8.77. The molecular weight excluding hydrogens is 260 g/mol. The highest BCUT2D eigenvalue weighted by Crippen LogP contribution is 2.21. The third-order valence-electron chi connectivity index (χ3n) is 3.88. The lowest BCUT2D eigenvalue weighted by molar-refractivity contribution is 0.0999. The van der Waals surface area contributed by atoms with Gasteiger partial charge in [0.1, 0.15) is 0 Å². The number of hydrogen-bond acceptors (Lipinski definition) is 2. The minimum absolute atomic E-state index is 0.168. The second-order valence-electron chi connectivity index (χ2n) is 5.86. The lowest BCUT2D eigenvalue weighted by Gasteiger charge is -2.18.